The molecule has 4 nitrogen and oxygen atoms in total. The minimum Gasteiger partial charge on any atom is -0.508 e. The summed E-state index contributed by atoms with van der Waals surface area (Å²) in [5.74, 6) is 0.572. The molecule has 1 fully saturated rings. The number of aromatic nitrogens is 1. The summed E-state index contributed by atoms with van der Waals surface area (Å²) in [5.41, 5.74) is 3.37. The maximum atomic E-state index is 9.81. The van der Waals surface area contributed by atoms with Gasteiger partial charge in [-0.1, -0.05) is 12.8 Å². The Bertz CT molecular complexity index is 879. The van der Waals surface area contributed by atoms with Crippen LogP contribution in [-0.4, -0.2) is 39.3 Å². The van der Waals surface area contributed by atoms with Crippen molar-refractivity contribution in [2.75, 3.05) is 19.6 Å². The molecule has 26 heavy (non-hydrogen) atoms. The number of aryl methyl sites for hydroxylation is 1. The van der Waals surface area contributed by atoms with Gasteiger partial charge in [-0.2, -0.15) is 0 Å². The Morgan fingerprint density at radius 2 is 1.42 bits per heavy atom. The fourth-order valence-corrected chi connectivity index (χ4v) is 3.62. The van der Waals surface area contributed by atoms with Gasteiger partial charge in [-0.15, -0.1) is 0 Å². The third kappa shape index (κ3) is 3.86. The smallest absolute Gasteiger partial charge is 0.116 e. The molecule has 4 rings (SSSR count). The fraction of sp³-hybridized carbons (Fsp3) is 0.364. The van der Waals surface area contributed by atoms with Crippen LogP contribution in [0, 0.1) is 0 Å². The van der Waals surface area contributed by atoms with Crippen LogP contribution in [0.25, 0.3) is 22.2 Å². The van der Waals surface area contributed by atoms with Gasteiger partial charge in [0.1, 0.15) is 11.5 Å². The number of aromatic hydroxyl groups is 2. The van der Waals surface area contributed by atoms with Crippen LogP contribution in [-0.2, 0) is 6.54 Å². The Balaban J connectivity index is 1.52. The monoisotopic (exact) mass is 350 g/mol. The molecule has 3 aromatic rings. The molecule has 0 saturated carbocycles. The number of phenolic OH excluding ortho intramolecular Hbond substituents is 2. The second kappa shape index (κ2) is 7.42. The van der Waals surface area contributed by atoms with E-state index in [1.807, 2.05) is 24.3 Å². The molecule has 0 spiro atoms. The van der Waals surface area contributed by atoms with Crippen molar-refractivity contribution in [2.45, 2.75) is 32.2 Å². The molecule has 136 valence electrons. The number of rotatable bonds is 8. The van der Waals surface area contributed by atoms with E-state index in [1.54, 1.807) is 18.2 Å². The number of unbranched alkanes of at least 4 members (excludes halogenated alkanes) is 3. The van der Waals surface area contributed by atoms with E-state index in [2.05, 4.69) is 15.5 Å². The molecule has 0 amide bonds. The van der Waals surface area contributed by atoms with Gasteiger partial charge in [-0.25, -0.2) is 0 Å². The van der Waals surface area contributed by atoms with Gasteiger partial charge in [0.05, 0.1) is 0 Å². The van der Waals surface area contributed by atoms with Gasteiger partial charge in [0.25, 0.3) is 0 Å². The van der Waals surface area contributed by atoms with Crippen molar-refractivity contribution in [1.82, 2.24) is 9.47 Å². The van der Waals surface area contributed by atoms with E-state index in [0.29, 0.717) is 5.75 Å². The van der Waals surface area contributed by atoms with Gasteiger partial charge >= 0.3 is 0 Å². The minimum atomic E-state index is 0.278. The summed E-state index contributed by atoms with van der Waals surface area (Å²) >= 11 is 0. The van der Waals surface area contributed by atoms with Crippen LogP contribution in [0.4, 0.5) is 0 Å². The van der Waals surface area contributed by atoms with Crippen LogP contribution in [0.5, 0.6) is 11.5 Å². The number of phenols is 2. The molecule has 0 unspecified atom stereocenters. The van der Waals surface area contributed by atoms with Crippen LogP contribution < -0.4 is 0 Å². The molecule has 2 N–H and O–H groups in total. The second-order valence-electron chi connectivity index (χ2n) is 7.23. The first kappa shape index (κ1) is 17.0. The normalized spacial score (nSPS) is 14.2. The molecule has 0 bridgehead atoms. The van der Waals surface area contributed by atoms with Gasteiger partial charge in [-0.3, -0.25) is 0 Å². The third-order valence-electron chi connectivity index (χ3n) is 5.19. The first-order valence-corrected chi connectivity index (χ1v) is 9.55. The molecule has 2 aromatic carbocycles. The van der Waals surface area contributed by atoms with Crippen molar-refractivity contribution in [3.63, 3.8) is 0 Å². The van der Waals surface area contributed by atoms with E-state index in [0.717, 1.165) is 35.1 Å². The Morgan fingerprint density at radius 1 is 0.731 bits per heavy atom. The summed E-state index contributed by atoms with van der Waals surface area (Å²) in [6, 6.07) is 15.0. The van der Waals surface area contributed by atoms with Gasteiger partial charge in [0.15, 0.2) is 0 Å². The minimum absolute atomic E-state index is 0.278. The fourth-order valence-electron chi connectivity index (χ4n) is 3.62. The van der Waals surface area contributed by atoms with E-state index in [9.17, 15) is 10.2 Å². The largest absolute Gasteiger partial charge is 0.508 e. The van der Waals surface area contributed by atoms with Crippen LogP contribution in [0.3, 0.4) is 0 Å². The zero-order valence-corrected chi connectivity index (χ0v) is 15.1. The molecule has 0 radical (unpaired) electrons. The molecular formula is C22H26N2O2. The highest BCUT2D eigenvalue weighted by Gasteiger charge is 2.15. The van der Waals surface area contributed by atoms with E-state index in [-0.39, 0.29) is 5.75 Å². The van der Waals surface area contributed by atoms with Gasteiger partial charge < -0.3 is 19.7 Å². The van der Waals surface area contributed by atoms with E-state index < -0.39 is 0 Å². The van der Waals surface area contributed by atoms with Gasteiger partial charge in [0.2, 0.25) is 0 Å². The second-order valence-corrected chi connectivity index (χ2v) is 7.23. The number of benzene rings is 2. The standard InChI is InChI=1S/C22H26N2O2/c25-19-7-5-17(6-8-19)22-16-18-15-20(26)9-10-21(18)24(22)12-4-2-1-3-11-23-13-14-23/h5-10,15-16,25-26H,1-4,11-14H2. The number of fused-ring (bicyclic) bond motifs is 1. The lowest BCUT2D eigenvalue weighted by molar-refractivity contribution is 0.475. The molecule has 1 aliphatic heterocycles. The van der Waals surface area contributed by atoms with Crippen molar-refractivity contribution in [2.24, 2.45) is 0 Å². The maximum Gasteiger partial charge on any atom is 0.116 e. The average Bonchev–Trinajstić information content (AvgIpc) is 3.39. The molecule has 1 aliphatic rings. The lowest BCUT2D eigenvalue weighted by atomic mass is 10.1. The zero-order chi connectivity index (χ0) is 17.9. The molecule has 1 saturated heterocycles. The third-order valence-corrected chi connectivity index (χ3v) is 5.19. The Kier molecular flexibility index (Phi) is 4.85. The van der Waals surface area contributed by atoms with E-state index in [1.165, 1.54) is 38.9 Å². The number of nitrogens with zero attached hydrogens (tertiary/aromatic N) is 2. The molecule has 4 heteroatoms. The van der Waals surface area contributed by atoms with E-state index in [4.69, 9.17) is 0 Å². The van der Waals surface area contributed by atoms with Crippen molar-refractivity contribution >= 4 is 10.9 Å². The lowest BCUT2D eigenvalue weighted by Gasteiger charge is -2.11. The Hall–Kier alpha value is -2.46. The average molecular weight is 350 g/mol. The number of hydrogen-bond acceptors (Lipinski definition) is 3. The summed E-state index contributed by atoms with van der Waals surface area (Å²) in [6.45, 7) is 4.80. The SMILES string of the molecule is Oc1ccc(-c2cc3cc(O)ccc3n2CCCCCCN2CC2)cc1. The highest BCUT2D eigenvalue weighted by Crippen LogP contribution is 2.31. The first-order valence-electron chi connectivity index (χ1n) is 9.55. The maximum absolute atomic E-state index is 9.81. The molecule has 0 atom stereocenters. The van der Waals surface area contributed by atoms with Crippen molar-refractivity contribution in [3.05, 3.63) is 48.5 Å². The molecule has 1 aromatic heterocycles. The van der Waals surface area contributed by atoms with Crippen molar-refractivity contribution in [3.8, 4) is 22.8 Å². The van der Waals surface area contributed by atoms with Crippen LogP contribution in [0.15, 0.2) is 48.5 Å². The molecule has 0 aliphatic carbocycles. The van der Waals surface area contributed by atoms with Crippen LogP contribution in [0.1, 0.15) is 25.7 Å². The zero-order valence-electron chi connectivity index (χ0n) is 15.1. The Labute approximate surface area is 154 Å². The lowest BCUT2D eigenvalue weighted by Crippen LogP contribution is -2.02. The van der Waals surface area contributed by atoms with Crippen molar-refractivity contribution < 1.29 is 10.2 Å². The summed E-state index contributed by atoms with van der Waals surface area (Å²) in [5, 5.41) is 20.4. The topological polar surface area (TPSA) is 48.4 Å². The summed E-state index contributed by atoms with van der Waals surface area (Å²) in [6.07, 6.45) is 4.96. The predicted octanol–water partition coefficient (Wildman–Crippen LogP) is 4.60. The number of hydrogen-bond donors (Lipinski definition) is 2. The predicted molar refractivity (Wildman–Crippen MR) is 106 cm³/mol. The summed E-state index contributed by atoms with van der Waals surface area (Å²) in [4.78, 5) is 2.48. The first-order chi connectivity index (χ1) is 12.7. The highest BCUT2D eigenvalue weighted by molar-refractivity contribution is 5.88. The molecular weight excluding hydrogens is 324 g/mol. The van der Waals surface area contributed by atoms with Crippen LogP contribution >= 0.6 is 0 Å². The Morgan fingerprint density at radius 3 is 2.15 bits per heavy atom. The molecule has 2 heterocycles. The summed E-state index contributed by atoms with van der Waals surface area (Å²) < 4.78 is 2.34. The summed E-state index contributed by atoms with van der Waals surface area (Å²) in [7, 11) is 0. The van der Waals surface area contributed by atoms with Crippen LogP contribution in [0.2, 0.25) is 0 Å². The van der Waals surface area contributed by atoms with Gasteiger partial charge in [0, 0.05) is 36.2 Å². The quantitative estimate of drug-likeness (QED) is 0.461. The van der Waals surface area contributed by atoms with Gasteiger partial charge in [-0.05, 0) is 73.5 Å². The van der Waals surface area contributed by atoms with E-state index >= 15 is 0 Å². The highest BCUT2D eigenvalue weighted by atomic mass is 16.3. The van der Waals surface area contributed by atoms with Crippen molar-refractivity contribution in [1.29, 1.82) is 0 Å².